The lowest BCUT2D eigenvalue weighted by molar-refractivity contribution is -0.384. The van der Waals surface area contributed by atoms with Crippen LogP contribution in [0.3, 0.4) is 0 Å². The van der Waals surface area contributed by atoms with Gasteiger partial charge in [-0.3, -0.25) is 14.9 Å². The largest absolute Gasteiger partial charge is 0.484 e. The number of carbonyl (C=O) groups is 1. The third kappa shape index (κ3) is 5.65. The van der Waals surface area contributed by atoms with Gasteiger partial charge in [0, 0.05) is 44.4 Å². The van der Waals surface area contributed by atoms with Gasteiger partial charge < -0.3 is 19.0 Å². The van der Waals surface area contributed by atoms with E-state index in [0.717, 1.165) is 5.56 Å². The number of aryl methyl sites for hydroxylation is 1. The van der Waals surface area contributed by atoms with Crippen LogP contribution in [0.4, 0.5) is 11.6 Å². The summed E-state index contributed by atoms with van der Waals surface area (Å²) in [5, 5.41) is 20.5. The monoisotopic (exact) mass is 473 g/mol. The lowest BCUT2D eigenvalue weighted by Crippen LogP contribution is -2.50. The molecule has 0 aliphatic carbocycles. The zero-order chi connectivity index (χ0) is 24.8. The number of nitrogens with zero attached hydrogens (tertiary/aromatic N) is 5. The average molecular weight is 473 g/mol. The van der Waals surface area contributed by atoms with Crippen molar-refractivity contribution in [3.8, 4) is 11.8 Å². The summed E-state index contributed by atoms with van der Waals surface area (Å²) in [4.78, 5) is 30.9. The van der Waals surface area contributed by atoms with Crippen LogP contribution in [0.1, 0.15) is 22.7 Å². The Balaban J connectivity index is 1.37. The van der Waals surface area contributed by atoms with Crippen LogP contribution in [0.5, 0.6) is 5.75 Å². The molecule has 0 saturated carbocycles. The third-order valence-electron chi connectivity index (χ3n) is 5.60. The number of rotatable bonds is 7. The topological polar surface area (TPSA) is 126 Å². The number of anilines is 1. The van der Waals surface area contributed by atoms with E-state index >= 15 is 0 Å². The van der Waals surface area contributed by atoms with Crippen LogP contribution in [0.25, 0.3) is 12.2 Å². The Kier molecular flexibility index (Phi) is 7.07. The maximum atomic E-state index is 12.6. The van der Waals surface area contributed by atoms with Crippen LogP contribution >= 0.6 is 0 Å². The van der Waals surface area contributed by atoms with E-state index in [1.807, 2.05) is 42.2 Å². The average Bonchev–Trinajstić information content (AvgIpc) is 3.30. The number of nitriles is 1. The van der Waals surface area contributed by atoms with Crippen molar-refractivity contribution in [1.29, 1.82) is 5.26 Å². The quantitative estimate of drug-likeness (QED) is 0.376. The number of hydrogen-bond donors (Lipinski definition) is 0. The summed E-state index contributed by atoms with van der Waals surface area (Å²) in [7, 11) is 0. The molecule has 178 valence electrons. The number of hydrogen-bond acceptors (Lipinski definition) is 8. The molecule has 1 aliphatic heterocycles. The maximum absolute atomic E-state index is 12.6. The maximum Gasteiger partial charge on any atom is 0.270 e. The van der Waals surface area contributed by atoms with Crippen LogP contribution in [0.2, 0.25) is 0 Å². The van der Waals surface area contributed by atoms with Crippen molar-refractivity contribution in [3.05, 3.63) is 81.4 Å². The molecule has 1 aromatic heterocycles. The summed E-state index contributed by atoms with van der Waals surface area (Å²) in [5.74, 6) is 1.14. The number of para-hydroxylation sites is 1. The second kappa shape index (κ2) is 10.5. The number of carbonyl (C=O) groups excluding carboxylic acids is 1. The van der Waals surface area contributed by atoms with Gasteiger partial charge in [-0.1, -0.05) is 30.3 Å². The summed E-state index contributed by atoms with van der Waals surface area (Å²) in [6, 6.07) is 15.7. The van der Waals surface area contributed by atoms with Crippen LogP contribution < -0.4 is 9.64 Å². The summed E-state index contributed by atoms with van der Waals surface area (Å²) in [5.41, 5.74) is 1.70. The zero-order valence-corrected chi connectivity index (χ0v) is 19.1. The second-order valence-corrected chi connectivity index (χ2v) is 7.93. The third-order valence-corrected chi connectivity index (χ3v) is 5.60. The lowest BCUT2D eigenvalue weighted by atomic mass is 10.2. The van der Waals surface area contributed by atoms with Crippen molar-refractivity contribution in [1.82, 2.24) is 9.88 Å². The minimum atomic E-state index is -0.465. The number of nitro groups is 1. The first-order valence-electron chi connectivity index (χ1n) is 11.0. The highest BCUT2D eigenvalue weighted by molar-refractivity contribution is 5.78. The number of benzene rings is 2. The molecule has 3 aromatic rings. The van der Waals surface area contributed by atoms with Gasteiger partial charge in [0.1, 0.15) is 11.8 Å². The summed E-state index contributed by atoms with van der Waals surface area (Å²) in [6.45, 7) is 3.77. The van der Waals surface area contributed by atoms with Crippen LogP contribution in [-0.2, 0) is 4.79 Å². The van der Waals surface area contributed by atoms with Gasteiger partial charge in [0.05, 0.1) is 4.92 Å². The fraction of sp³-hybridized carbons (Fsp3) is 0.240. The molecular weight excluding hydrogens is 450 g/mol. The van der Waals surface area contributed by atoms with Gasteiger partial charge in [0.25, 0.3) is 11.6 Å². The van der Waals surface area contributed by atoms with Crippen LogP contribution in [-0.4, -0.2) is 53.5 Å². The fourth-order valence-corrected chi connectivity index (χ4v) is 3.70. The molecule has 0 bridgehead atoms. The number of oxazole rings is 1. The molecule has 0 atom stereocenters. The molecule has 2 heterocycles. The summed E-state index contributed by atoms with van der Waals surface area (Å²) >= 11 is 0. The van der Waals surface area contributed by atoms with Crippen molar-refractivity contribution >= 4 is 29.6 Å². The fourth-order valence-electron chi connectivity index (χ4n) is 3.70. The Morgan fingerprint density at radius 1 is 1.20 bits per heavy atom. The number of amides is 1. The molecular formula is C25H23N5O5. The normalized spacial score (nSPS) is 13.6. The first kappa shape index (κ1) is 23.5. The standard InChI is InChI=1S/C25H23N5O5/c1-18-5-2-3-8-22(18)34-17-24(31)28-11-13-29(14-12-28)25-21(16-26)27-23(35-25)10-9-19-6-4-7-20(15-19)30(32)33/h2-10,15H,11-14,17H2,1H3/b10-9+. The van der Waals surface area contributed by atoms with Crippen LogP contribution in [0, 0.1) is 28.4 Å². The van der Waals surface area contributed by atoms with Gasteiger partial charge in [-0.15, -0.1) is 0 Å². The van der Waals surface area contributed by atoms with Crippen molar-refractivity contribution in [2.45, 2.75) is 6.92 Å². The highest BCUT2D eigenvalue weighted by Crippen LogP contribution is 2.25. The molecule has 0 N–H and O–H groups in total. The Labute approximate surface area is 201 Å². The predicted molar refractivity (Wildman–Crippen MR) is 129 cm³/mol. The molecule has 35 heavy (non-hydrogen) atoms. The highest BCUT2D eigenvalue weighted by atomic mass is 16.6. The molecule has 4 rings (SSSR count). The van der Waals surface area contributed by atoms with Crippen molar-refractivity contribution in [2.75, 3.05) is 37.7 Å². The van der Waals surface area contributed by atoms with E-state index in [1.165, 1.54) is 12.1 Å². The van der Waals surface area contributed by atoms with E-state index in [2.05, 4.69) is 4.98 Å². The molecule has 0 radical (unpaired) electrons. The zero-order valence-electron chi connectivity index (χ0n) is 19.1. The SMILES string of the molecule is Cc1ccccc1OCC(=O)N1CCN(c2oc(/C=C/c3cccc([N+](=O)[O-])c3)nc2C#N)CC1. The molecule has 1 fully saturated rings. The van der Waals surface area contributed by atoms with Crippen LogP contribution in [0.15, 0.2) is 52.9 Å². The predicted octanol–water partition coefficient (Wildman–Crippen LogP) is 3.66. The lowest BCUT2D eigenvalue weighted by Gasteiger charge is -2.34. The van der Waals surface area contributed by atoms with Crippen molar-refractivity contribution in [3.63, 3.8) is 0 Å². The Morgan fingerprint density at radius 3 is 2.69 bits per heavy atom. The van der Waals surface area contributed by atoms with E-state index in [-0.39, 0.29) is 29.8 Å². The number of nitro benzene ring substituents is 1. The van der Waals surface area contributed by atoms with Gasteiger partial charge in [0.2, 0.25) is 17.5 Å². The number of piperazine rings is 1. The van der Waals surface area contributed by atoms with E-state index in [0.29, 0.717) is 43.4 Å². The number of non-ortho nitro benzene ring substituents is 1. The summed E-state index contributed by atoms with van der Waals surface area (Å²) < 4.78 is 11.5. The van der Waals surface area contributed by atoms with Gasteiger partial charge in [-0.25, -0.2) is 0 Å². The first-order valence-corrected chi connectivity index (χ1v) is 11.0. The van der Waals surface area contributed by atoms with Gasteiger partial charge in [-0.2, -0.15) is 10.2 Å². The highest BCUT2D eigenvalue weighted by Gasteiger charge is 2.26. The van der Waals surface area contributed by atoms with Crippen molar-refractivity contribution < 1.29 is 18.9 Å². The van der Waals surface area contributed by atoms with E-state index in [9.17, 15) is 20.2 Å². The molecule has 1 aliphatic rings. The second-order valence-electron chi connectivity index (χ2n) is 7.93. The number of ether oxygens (including phenoxy) is 1. The van der Waals surface area contributed by atoms with Gasteiger partial charge >= 0.3 is 0 Å². The Morgan fingerprint density at radius 2 is 1.97 bits per heavy atom. The summed E-state index contributed by atoms with van der Waals surface area (Å²) in [6.07, 6.45) is 3.20. The minimum absolute atomic E-state index is 0.0188. The van der Waals surface area contributed by atoms with Crippen molar-refractivity contribution in [2.24, 2.45) is 0 Å². The first-order chi connectivity index (χ1) is 16.9. The molecule has 1 saturated heterocycles. The van der Waals surface area contributed by atoms with Gasteiger partial charge in [-0.05, 0) is 30.2 Å². The van der Waals surface area contributed by atoms with Gasteiger partial charge in [0.15, 0.2) is 6.61 Å². The molecule has 2 aromatic carbocycles. The van der Waals surface area contributed by atoms with E-state index in [4.69, 9.17) is 9.15 Å². The molecule has 0 unspecified atom stereocenters. The van der Waals surface area contributed by atoms with E-state index in [1.54, 1.807) is 29.2 Å². The Bertz CT molecular complexity index is 1300. The van der Waals surface area contributed by atoms with E-state index < -0.39 is 4.92 Å². The molecule has 10 heteroatoms. The molecule has 10 nitrogen and oxygen atoms in total. The smallest absolute Gasteiger partial charge is 0.270 e. The molecule has 0 spiro atoms. The minimum Gasteiger partial charge on any atom is -0.484 e. The Hall–Kier alpha value is -4.65. The molecule has 1 amide bonds. The number of aromatic nitrogens is 1.